The van der Waals surface area contributed by atoms with E-state index in [0.29, 0.717) is 0 Å². The lowest BCUT2D eigenvalue weighted by Gasteiger charge is -2.09. The van der Waals surface area contributed by atoms with Gasteiger partial charge in [-0.05, 0) is 61.0 Å². The molecule has 0 saturated heterocycles. The first-order valence-corrected chi connectivity index (χ1v) is 7.09. The smallest absolute Gasteiger partial charge is 0.323 e. The number of aryl methyl sites for hydroxylation is 1. The summed E-state index contributed by atoms with van der Waals surface area (Å²) in [6.45, 7) is 1.99. The Hall–Kier alpha value is -3.01. The third kappa shape index (κ3) is 3.35. The first kappa shape index (κ1) is 13.9. The molecule has 0 fully saturated rings. The minimum absolute atomic E-state index is 0.251. The molecule has 0 spiro atoms. The van der Waals surface area contributed by atoms with E-state index in [4.69, 9.17) is 0 Å². The Labute approximate surface area is 129 Å². The molecule has 0 unspecified atom stereocenters. The van der Waals surface area contributed by atoms with Gasteiger partial charge < -0.3 is 15.2 Å². The second-order valence-corrected chi connectivity index (χ2v) is 5.09. The number of nitrogens with one attached hydrogen (secondary N) is 2. The van der Waals surface area contributed by atoms with Gasteiger partial charge in [-0.1, -0.05) is 12.1 Å². The Morgan fingerprint density at radius 2 is 1.55 bits per heavy atom. The van der Waals surface area contributed by atoms with Crippen molar-refractivity contribution >= 4 is 17.4 Å². The summed E-state index contributed by atoms with van der Waals surface area (Å²) < 4.78 is 2.01. The van der Waals surface area contributed by atoms with Crippen molar-refractivity contribution in [2.24, 2.45) is 0 Å². The van der Waals surface area contributed by atoms with Gasteiger partial charge in [-0.25, -0.2) is 4.79 Å². The summed E-state index contributed by atoms with van der Waals surface area (Å²) in [5.74, 6) is 0. The van der Waals surface area contributed by atoms with Crippen molar-refractivity contribution in [2.75, 3.05) is 10.6 Å². The number of carbonyl (C=O) groups excluding carboxylic acids is 1. The van der Waals surface area contributed by atoms with Crippen molar-refractivity contribution in [2.45, 2.75) is 6.92 Å². The van der Waals surface area contributed by atoms with Crippen LogP contribution in [0.1, 0.15) is 5.56 Å². The maximum Gasteiger partial charge on any atom is 0.323 e. The van der Waals surface area contributed by atoms with Gasteiger partial charge in [0.15, 0.2) is 0 Å². The number of carbonyl (C=O) groups is 1. The minimum atomic E-state index is -0.251. The second-order valence-electron chi connectivity index (χ2n) is 5.09. The van der Waals surface area contributed by atoms with E-state index in [1.807, 2.05) is 84.5 Å². The summed E-state index contributed by atoms with van der Waals surface area (Å²) in [4.78, 5) is 12.0. The molecule has 0 saturated carbocycles. The van der Waals surface area contributed by atoms with Crippen molar-refractivity contribution in [1.29, 1.82) is 0 Å². The molecule has 2 amide bonds. The summed E-state index contributed by atoms with van der Waals surface area (Å²) in [5, 5.41) is 5.64. The van der Waals surface area contributed by atoms with E-state index in [2.05, 4.69) is 10.6 Å². The van der Waals surface area contributed by atoms with Crippen LogP contribution in [-0.2, 0) is 0 Å². The monoisotopic (exact) mass is 291 g/mol. The number of benzene rings is 2. The lowest BCUT2D eigenvalue weighted by atomic mass is 10.2. The molecule has 2 aromatic carbocycles. The fourth-order valence-corrected chi connectivity index (χ4v) is 2.24. The molecule has 22 heavy (non-hydrogen) atoms. The van der Waals surface area contributed by atoms with Gasteiger partial charge in [0.2, 0.25) is 0 Å². The molecule has 0 atom stereocenters. The fraction of sp³-hybridized carbons (Fsp3) is 0.0556. The van der Waals surface area contributed by atoms with Crippen LogP contribution in [0.2, 0.25) is 0 Å². The molecule has 3 aromatic rings. The largest absolute Gasteiger partial charge is 0.324 e. The zero-order valence-electron chi connectivity index (χ0n) is 12.3. The van der Waals surface area contributed by atoms with Crippen molar-refractivity contribution in [3.8, 4) is 5.69 Å². The molecular formula is C18H17N3O. The van der Waals surface area contributed by atoms with E-state index in [-0.39, 0.29) is 6.03 Å². The summed E-state index contributed by atoms with van der Waals surface area (Å²) in [5.41, 5.74) is 3.69. The van der Waals surface area contributed by atoms with E-state index >= 15 is 0 Å². The molecule has 0 aliphatic carbocycles. The predicted octanol–water partition coefficient (Wildman–Crippen LogP) is 4.43. The van der Waals surface area contributed by atoms with Crippen LogP contribution in [0.15, 0.2) is 73.1 Å². The lowest BCUT2D eigenvalue weighted by Crippen LogP contribution is -2.19. The highest BCUT2D eigenvalue weighted by Crippen LogP contribution is 2.14. The summed E-state index contributed by atoms with van der Waals surface area (Å²) in [7, 11) is 0. The number of rotatable bonds is 3. The van der Waals surface area contributed by atoms with Gasteiger partial charge in [0.05, 0.1) is 0 Å². The van der Waals surface area contributed by atoms with Gasteiger partial charge >= 0.3 is 6.03 Å². The van der Waals surface area contributed by atoms with Crippen molar-refractivity contribution < 1.29 is 4.79 Å². The number of aromatic nitrogens is 1. The van der Waals surface area contributed by atoms with Crippen LogP contribution >= 0.6 is 0 Å². The van der Waals surface area contributed by atoms with E-state index in [0.717, 1.165) is 22.6 Å². The molecule has 2 N–H and O–H groups in total. The van der Waals surface area contributed by atoms with Gasteiger partial charge in [0.25, 0.3) is 0 Å². The van der Waals surface area contributed by atoms with Gasteiger partial charge in [-0.2, -0.15) is 0 Å². The van der Waals surface area contributed by atoms with Crippen molar-refractivity contribution in [1.82, 2.24) is 4.57 Å². The van der Waals surface area contributed by atoms with Crippen LogP contribution in [0.5, 0.6) is 0 Å². The normalized spacial score (nSPS) is 10.2. The summed E-state index contributed by atoms with van der Waals surface area (Å²) in [6, 6.07) is 19.1. The van der Waals surface area contributed by atoms with Crippen LogP contribution in [0.4, 0.5) is 16.2 Å². The molecule has 0 aliphatic heterocycles. The summed E-state index contributed by atoms with van der Waals surface area (Å²) in [6.07, 6.45) is 3.96. The Morgan fingerprint density at radius 3 is 2.23 bits per heavy atom. The number of anilines is 2. The Balaban J connectivity index is 1.64. The van der Waals surface area contributed by atoms with Gasteiger partial charge in [0.1, 0.15) is 0 Å². The second kappa shape index (κ2) is 6.18. The molecule has 0 bridgehead atoms. The SMILES string of the molecule is Cc1cccc(NC(=O)Nc2ccc(-n3cccc3)cc2)c1. The molecule has 1 heterocycles. The average Bonchev–Trinajstić information content (AvgIpc) is 3.02. The van der Waals surface area contributed by atoms with Crippen LogP contribution in [-0.4, -0.2) is 10.6 Å². The maximum absolute atomic E-state index is 12.0. The number of hydrogen-bond donors (Lipinski definition) is 2. The van der Waals surface area contributed by atoms with Crippen LogP contribution < -0.4 is 10.6 Å². The van der Waals surface area contributed by atoms with Crippen LogP contribution in [0, 0.1) is 6.92 Å². The highest BCUT2D eigenvalue weighted by Gasteiger charge is 2.03. The van der Waals surface area contributed by atoms with E-state index in [1.54, 1.807) is 0 Å². The quantitative estimate of drug-likeness (QED) is 0.736. The molecule has 3 rings (SSSR count). The minimum Gasteiger partial charge on any atom is -0.324 e. The molecule has 4 nitrogen and oxygen atoms in total. The predicted molar refractivity (Wildman–Crippen MR) is 89.6 cm³/mol. The van der Waals surface area contributed by atoms with Gasteiger partial charge in [-0.3, -0.25) is 0 Å². The maximum atomic E-state index is 12.0. The average molecular weight is 291 g/mol. The zero-order chi connectivity index (χ0) is 15.4. The Bertz CT molecular complexity index is 761. The number of hydrogen-bond acceptors (Lipinski definition) is 1. The van der Waals surface area contributed by atoms with Crippen molar-refractivity contribution in [3.63, 3.8) is 0 Å². The number of urea groups is 1. The number of amides is 2. The number of nitrogens with zero attached hydrogens (tertiary/aromatic N) is 1. The van der Waals surface area contributed by atoms with E-state index < -0.39 is 0 Å². The fourth-order valence-electron chi connectivity index (χ4n) is 2.24. The standard InChI is InChI=1S/C18H17N3O/c1-14-5-4-6-16(13-14)20-18(22)19-15-7-9-17(10-8-15)21-11-2-3-12-21/h2-13H,1H3,(H2,19,20,22). The molecule has 110 valence electrons. The first-order valence-electron chi connectivity index (χ1n) is 7.09. The lowest BCUT2D eigenvalue weighted by molar-refractivity contribution is 0.262. The molecule has 4 heteroatoms. The zero-order valence-corrected chi connectivity index (χ0v) is 12.3. The Morgan fingerprint density at radius 1 is 0.864 bits per heavy atom. The van der Waals surface area contributed by atoms with Crippen molar-refractivity contribution in [3.05, 3.63) is 78.6 Å². The molecule has 0 radical (unpaired) electrons. The third-order valence-electron chi connectivity index (χ3n) is 3.30. The topological polar surface area (TPSA) is 46.1 Å². The molecule has 1 aromatic heterocycles. The highest BCUT2D eigenvalue weighted by molar-refractivity contribution is 5.99. The van der Waals surface area contributed by atoms with Gasteiger partial charge in [-0.15, -0.1) is 0 Å². The summed E-state index contributed by atoms with van der Waals surface area (Å²) >= 11 is 0. The Kier molecular flexibility index (Phi) is 3.92. The van der Waals surface area contributed by atoms with Gasteiger partial charge in [0, 0.05) is 29.5 Å². The highest BCUT2D eigenvalue weighted by atomic mass is 16.2. The van der Waals surface area contributed by atoms with Crippen LogP contribution in [0.3, 0.4) is 0 Å². The molecular weight excluding hydrogens is 274 g/mol. The van der Waals surface area contributed by atoms with Crippen LogP contribution in [0.25, 0.3) is 5.69 Å². The first-order chi connectivity index (χ1) is 10.7. The molecule has 0 aliphatic rings. The third-order valence-corrected chi connectivity index (χ3v) is 3.30. The van der Waals surface area contributed by atoms with E-state index in [9.17, 15) is 4.79 Å². The van der Waals surface area contributed by atoms with E-state index in [1.165, 1.54) is 0 Å².